The lowest BCUT2D eigenvalue weighted by Crippen LogP contribution is -2.49. The van der Waals surface area contributed by atoms with Crippen LogP contribution in [0.4, 0.5) is 11.4 Å². The van der Waals surface area contributed by atoms with Crippen LogP contribution in [0.2, 0.25) is 5.02 Å². The van der Waals surface area contributed by atoms with Crippen LogP contribution in [0.3, 0.4) is 0 Å². The number of amides is 1. The number of carbonyl (C=O) groups excluding carboxylic acids is 2. The summed E-state index contributed by atoms with van der Waals surface area (Å²) >= 11 is 6.44. The molecule has 0 radical (unpaired) electrons. The quantitative estimate of drug-likeness (QED) is 0.453. The van der Waals surface area contributed by atoms with E-state index in [1.807, 2.05) is 55.5 Å². The molecule has 0 atom stereocenters. The Morgan fingerprint density at radius 2 is 1.78 bits per heavy atom. The van der Waals surface area contributed by atoms with Gasteiger partial charge in [-0.15, -0.1) is 0 Å². The first kappa shape index (κ1) is 26.6. The number of benzene rings is 2. The Morgan fingerprint density at radius 3 is 2.38 bits per heavy atom. The number of hydrogen-bond acceptors (Lipinski definition) is 7. The van der Waals surface area contributed by atoms with E-state index in [0.29, 0.717) is 18.5 Å². The number of halogens is 1. The number of likely N-dealkylation sites (tertiary alicyclic amines) is 1. The van der Waals surface area contributed by atoms with Gasteiger partial charge in [-0.2, -0.15) is 0 Å². The van der Waals surface area contributed by atoms with Crippen molar-refractivity contribution < 1.29 is 22.7 Å². The number of nitrogens with zero attached hydrogens (tertiary/aromatic N) is 2. The molecule has 1 aromatic heterocycles. The van der Waals surface area contributed by atoms with Gasteiger partial charge in [-0.25, -0.2) is 18.5 Å². The van der Waals surface area contributed by atoms with Gasteiger partial charge in [0.05, 0.1) is 23.8 Å². The molecular formula is C26H27ClN4O5S. The number of pyridine rings is 1. The molecule has 3 aromatic rings. The van der Waals surface area contributed by atoms with Crippen LogP contribution in [0.15, 0.2) is 65.8 Å². The second-order valence-corrected chi connectivity index (χ2v) is 10.8. The number of nitrogens with two attached hydrogens (primary N) is 1. The summed E-state index contributed by atoms with van der Waals surface area (Å²) in [6.07, 6.45) is 1.87. The lowest BCUT2D eigenvalue weighted by Gasteiger charge is -2.40. The zero-order chi connectivity index (χ0) is 26.8. The molecule has 0 bridgehead atoms. The fourth-order valence-electron chi connectivity index (χ4n) is 4.64. The molecule has 1 fully saturated rings. The molecule has 0 unspecified atom stereocenters. The van der Waals surface area contributed by atoms with Crippen LogP contribution in [-0.2, 0) is 25.0 Å². The highest BCUT2D eigenvalue weighted by molar-refractivity contribution is 7.89. The van der Waals surface area contributed by atoms with Crippen molar-refractivity contribution in [2.24, 2.45) is 5.14 Å². The number of esters is 1. The average molecular weight is 543 g/mol. The topological polar surface area (TPSA) is 132 Å². The third-order valence-electron chi connectivity index (χ3n) is 6.58. The Bertz CT molecular complexity index is 1440. The van der Waals surface area contributed by atoms with Crippen LogP contribution in [0.1, 0.15) is 34.3 Å². The van der Waals surface area contributed by atoms with Gasteiger partial charge in [0.2, 0.25) is 0 Å². The smallest absolute Gasteiger partial charge is 0.316 e. The van der Waals surface area contributed by atoms with Gasteiger partial charge in [-0.05, 0) is 43.0 Å². The van der Waals surface area contributed by atoms with Gasteiger partial charge in [0.25, 0.3) is 15.9 Å². The Hall–Kier alpha value is -3.47. The average Bonchev–Trinajstić information content (AvgIpc) is 2.89. The molecule has 1 aliphatic rings. The highest BCUT2D eigenvalue weighted by atomic mass is 35.5. The normalized spacial score (nSPS) is 15.2. The maximum atomic E-state index is 13.7. The number of aryl methyl sites for hydroxylation is 1. The molecule has 1 aliphatic heterocycles. The summed E-state index contributed by atoms with van der Waals surface area (Å²) in [5.74, 6) is -0.758. The minimum Gasteiger partial charge on any atom is -0.468 e. The van der Waals surface area contributed by atoms with Crippen LogP contribution in [-0.4, -0.2) is 50.4 Å². The number of aromatic nitrogens is 1. The van der Waals surface area contributed by atoms with Gasteiger partial charge in [-0.3, -0.25) is 9.59 Å². The second-order valence-electron chi connectivity index (χ2n) is 8.94. The van der Waals surface area contributed by atoms with Gasteiger partial charge in [0.15, 0.2) is 5.03 Å². The number of primary sulfonamides is 1. The van der Waals surface area contributed by atoms with Crippen LogP contribution in [0.25, 0.3) is 0 Å². The van der Waals surface area contributed by atoms with E-state index in [1.165, 1.54) is 7.11 Å². The summed E-state index contributed by atoms with van der Waals surface area (Å²) in [5, 5.41) is 7.56. The van der Waals surface area contributed by atoms with Gasteiger partial charge < -0.3 is 15.0 Å². The number of nitrogens with one attached hydrogen (secondary N) is 1. The molecule has 1 amide bonds. The predicted molar refractivity (Wildman–Crippen MR) is 140 cm³/mol. The number of piperidine rings is 1. The largest absolute Gasteiger partial charge is 0.468 e. The summed E-state index contributed by atoms with van der Waals surface area (Å²) in [5.41, 5.74) is 1.69. The van der Waals surface area contributed by atoms with Crippen molar-refractivity contribution in [3.8, 4) is 0 Å². The summed E-state index contributed by atoms with van der Waals surface area (Å²) < 4.78 is 29.3. The maximum absolute atomic E-state index is 13.7. The Labute approximate surface area is 220 Å². The molecule has 9 nitrogen and oxygen atoms in total. The number of carbonyl (C=O) groups is 2. The van der Waals surface area contributed by atoms with E-state index in [2.05, 4.69) is 10.3 Å². The number of ether oxygens (including phenoxy) is 1. The molecule has 0 spiro atoms. The first-order chi connectivity index (χ1) is 17.6. The fourth-order valence-corrected chi connectivity index (χ4v) is 5.72. The van der Waals surface area contributed by atoms with Gasteiger partial charge in [0, 0.05) is 25.0 Å². The molecule has 194 valence electrons. The van der Waals surface area contributed by atoms with E-state index >= 15 is 0 Å². The number of hydrogen-bond donors (Lipinski definition) is 2. The molecule has 37 heavy (non-hydrogen) atoms. The van der Waals surface area contributed by atoms with Crippen molar-refractivity contribution in [2.45, 2.75) is 30.2 Å². The third-order valence-corrected chi connectivity index (χ3v) is 7.91. The van der Waals surface area contributed by atoms with E-state index in [4.69, 9.17) is 21.5 Å². The zero-order valence-corrected chi connectivity index (χ0v) is 22.0. The third kappa shape index (κ3) is 5.31. The Balaban J connectivity index is 1.68. The monoisotopic (exact) mass is 542 g/mol. The van der Waals surface area contributed by atoms with Crippen molar-refractivity contribution in [1.29, 1.82) is 0 Å². The van der Waals surface area contributed by atoms with Gasteiger partial charge >= 0.3 is 5.97 Å². The van der Waals surface area contributed by atoms with E-state index in [9.17, 15) is 18.0 Å². The van der Waals surface area contributed by atoms with E-state index < -0.39 is 26.4 Å². The molecule has 2 aromatic carbocycles. The summed E-state index contributed by atoms with van der Waals surface area (Å²) in [4.78, 5) is 32.0. The van der Waals surface area contributed by atoms with Crippen molar-refractivity contribution in [1.82, 2.24) is 9.88 Å². The Morgan fingerprint density at radius 1 is 1.11 bits per heavy atom. The van der Waals surface area contributed by atoms with Crippen molar-refractivity contribution >= 4 is 44.9 Å². The van der Waals surface area contributed by atoms with Crippen molar-refractivity contribution in [2.75, 3.05) is 25.5 Å². The number of anilines is 2. The van der Waals surface area contributed by atoms with E-state index in [1.54, 1.807) is 11.0 Å². The zero-order valence-electron chi connectivity index (χ0n) is 20.4. The highest BCUT2D eigenvalue weighted by Gasteiger charge is 2.45. The first-order valence-electron chi connectivity index (χ1n) is 11.5. The van der Waals surface area contributed by atoms with Gasteiger partial charge in [0.1, 0.15) is 5.02 Å². The van der Waals surface area contributed by atoms with Gasteiger partial charge in [-0.1, -0.05) is 54.1 Å². The van der Waals surface area contributed by atoms with E-state index in [-0.39, 0.29) is 35.3 Å². The standard InChI is InChI=1S/C26H27ClN4O5S/c1-17-7-6-10-19(15-17)30-22-20(16-29-23(21(22)27)37(28,34)35)24(32)31-13-11-26(12-14-31,25(33)36-2)18-8-4-3-5-9-18/h3-10,15-16H,11-14H2,1-2H3,(H,29,30)(H2,28,34,35). The molecule has 1 saturated heterocycles. The molecule has 0 aliphatic carbocycles. The molecule has 3 N–H and O–H groups in total. The molecule has 11 heteroatoms. The lowest BCUT2D eigenvalue weighted by molar-refractivity contribution is -0.149. The van der Waals surface area contributed by atoms with Crippen LogP contribution < -0.4 is 10.5 Å². The molecule has 4 rings (SSSR count). The molecule has 0 saturated carbocycles. The second kappa shape index (κ2) is 10.5. The first-order valence-corrected chi connectivity index (χ1v) is 13.5. The van der Waals surface area contributed by atoms with E-state index in [0.717, 1.165) is 17.3 Å². The molecule has 2 heterocycles. The summed E-state index contributed by atoms with van der Waals surface area (Å²) in [6.45, 7) is 2.43. The van der Waals surface area contributed by atoms with Crippen molar-refractivity contribution in [3.05, 3.63) is 82.5 Å². The Kier molecular flexibility index (Phi) is 7.54. The highest BCUT2D eigenvalue weighted by Crippen LogP contribution is 2.39. The number of sulfonamides is 1. The summed E-state index contributed by atoms with van der Waals surface area (Å²) in [7, 11) is -2.89. The number of methoxy groups -OCH3 is 1. The fraction of sp³-hybridized carbons (Fsp3) is 0.269. The molecular weight excluding hydrogens is 516 g/mol. The maximum Gasteiger partial charge on any atom is 0.316 e. The predicted octanol–water partition coefficient (Wildman–Crippen LogP) is 3.78. The minimum atomic E-state index is -4.24. The SMILES string of the molecule is COC(=O)C1(c2ccccc2)CCN(C(=O)c2cnc(S(N)(=O)=O)c(Cl)c2Nc2cccc(C)c2)CC1. The number of rotatable bonds is 6. The van der Waals surface area contributed by atoms with Crippen LogP contribution in [0.5, 0.6) is 0 Å². The van der Waals surface area contributed by atoms with Crippen LogP contribution >= 0.6 is 11.6 Å². The summed E-state index contributed by atoms with van der Waals surface area (Å²) in [6, 6.07) is 16.7. The minimum absolute atomic E-state index is 0.0872. The lowest BCUT2D eigenvalue weighted by atomic mass is 9.72. The van der Waals surface area contributed by atoms with Crippen LogP contribution in [0, 0.1) is 6.92 Å². The van der Waals surface area contributed by atoms with Crippen molar-refractivity contribution in [3.63, 3.8) is 0 Å².